The third kappa shape index (κ3) is 4.51. The monoisotopic (exact) mass is 427 g/mol. The molecule has 0 spiro atoms. The van der Waals surface area contributed by atoms with Crippen LogP contribution in [0, 0.1) is 20.8 Å². The number of nitrogens with one attached hydrogen (secondary N) is 1. The minimum absolute atomic E-state index is 0.134. The lowest BCUT2D eigenvalue weighted by Crippen LogP contribution is -2.17. The zero-order valence-corrected chi connectivity index (χ0v) is 18.5. The van der Waals surface area contributed by atoms with Gasteiger partial charge in [0, 0.05) is 11.3 Å². The highest BCUT2D eigenvalue weighted by molar-refractivity contribution is 7.99. The number of ether oxygens (including phenoxy) is 2. The summed E-state index contributed by atoms with van der Waals surface area (Å²) in [7, 11) is 3.13. The number of amides is 1. The molecule has 3 aromatic rings. The van der Waals surface area contributed by atoms with Crippen molar-refractivity contribution in [2.75, 3.05) is 31.1 Å². The van der Waals surface area contributed by atoms with Crippen molar-refractivity contribution in [1.82, 2.24) is 14.9 Å². The molecule has 8 nitrogen and oxygen atoms in total. The molecule has 3 rings (SSSR count). The summed E-state index contributed by atoms with van der Waals surface area (Å²) in [4.78, 5) is 12.5. The number of nitrogens with zero attached hydrogens (tertiary/aromatic N) is 3. The van der Waals surface area contributed by atoms with Gasteiger partial charge in [0.2, 0.25) is 11.1 Å². The van der Waals surface area contributed by atoms with Crippen molar-refractivity contribution in [2.24, 2.45) is 0 Å². The first-order chi connectivity index (χ1) is 14.3. The van der Waals surface area contributed by atoms with Crippen LogP contribution in [-0.2, 0) is 4.79 Å². The third-order valence-corrected chi connectivity index (χ3v) is 5.52. The molecular weight excluding hydrogens is 402 g/mol. The highest BCUT2D eigenvalue weighted by atomic mass is 32.2. The lowest BCUT2D eigenvalue weighted by atomic mass is 10.1. The van der Waals surface area contributed by atoms with E-state index in [1.165, 1.54) is 16.4 Å². The van der Waals surface area contributed by atoms with Crippen LogP contribution in [0.25, 0.3) is 11.4 Å². The summed E-state index contributed by atoms with van der Waals surface area (Å²) in [6.45, 7) is 5.99. The number of carbonyl (C=O) groups excluding carboxylic acids is 1. The van der Waals surface area contributed by atoms with Crippen LogP contribution in [0.4, 0.5) is 5.69 Å². The fraction of sp³-hybridized carbons (Fsp3) is 0.286. The molecule has 0 saturated heterocycles. The number of rotatable bonds is 7. The summed E-state index contributed by atoms with van der Waals surface area (Å²) in [5.74, 6) is 7.83. The molecule has 3 N–H and O–H groups in total. The lowest BCUT2D eigenvalue weighted by Gasteiger charge is -2.12. The topological polar surface area (TPSA) is 104 Å². The summed E-state index contributed by atoms with van der Waals surface area (Å²) >= 11 is 1.22. The normalized spacial score (nSPS) is 10.7. The van der Waals surface area contributed by atoms with E-state index in [2.05, 4.69) is 15.5 Å². The standard InChI is InChI=1S/C21H25N5O3S/c1-12-8-13(2)19(14(3)9-12)23-18(27)11-30-21-25-24-20(26(21)22)15-6-7-16(28-4)17(10-15)29-5/h6-10H,11,22H2,1-5H3,(H,23,27). The summed E-state index contributed by atoms with van der Waals surface area (Å²) in [5.41, 5.74) is 4.79. The van der Waals surface area contributed by atoms with E-state index < -0.39 is 0 Å². The van der Waals surface area contributed by atoms with E-state index >= 15 is 0 Å². The molecule has 1 amide bonds. The molecule has 0 bridgehead atoms. The van der Waals surface area contributed by atoms with E-state index in [9.17, 15) is 4.79 Å². The van der Waals surface area contributed by atoms with Crippen molar-refractivity contribution in [3.05, 3.63) is 47.0 Å². The Morgan fingerprint density at radius 3 is 2.37 bits per heavy atom. The summed E-state index contributed by atoms with van der Waals surface area (Å²) < 4.78 is 11.9. The molecule has 0 unspecified atom stereocenters. The minimum atomic E-state index is -0.134. The van der Waals surface area contributed by atoms with E-state index in [1.807, 2.05) is 39.0 Å². The number of thioether (sulfide) groups is 1. The Balaban J connectivity index is 1.71. The van der Waals surface area contributed by atoms with E-state index in [0.29, 0.717) is 22.5 Å². The van der Waals surface area contributed by atoms with Gasteiger partial charge in [0.05, 0.1) is 20.0 Å². The van der Waals surface area contributed by atoms with Gasteiger partial charge in [0.1, 0.15) is 0 Å². The largest absolute Gasteiger partial charge is 0.493 e. The first-order valence-electron chi connectivity index (χ1n) is 9.27. The summed E-state index contributed by atoms with van der Waals surface area (Å²) in [6.07, 6.45) is 0. The van der Waals surface area contributed by atoms with E-state index in [0.717, 1.165) is 27.9 Å². The number of aryl methyl sites for hydroxylation is 3. The molecule has 0 aliphatic rings. The van der Waals surface area contributed by atoms with Gasteiger partial charge in [-0.1, -0.05) is 29.5 Å². The second-order valence-electron chi connectivity index (χ2n) is 6.86. The van der Waals surface area contributed by atoms with E-state index in [1.54, 1.807) is 26.4 Å². The Morgan fingerprint density at radius 2 is 1.73 bits per heavy atom. The number of nitrogens with two attached hydrogens (primary N) is 1. The average Bonchev–Trinajstić information content (AvgIpc) is 3.08. The van der Waals surface area contributed by atoms with Crippen molar-refractivity contribution in [2.45, 2.75) is 25.9 Å². The van der Waals surface area contributed by atoms with Gasteiger partial charge < -0.3 is 20.6 Å². The average molecular weight is 428 g/mol. The second kappa shape index (κ2) is 9.08. The fourth-order valence-corrected chi connectivity index (χ4v) is 3.89. The van der Waals surface area contributed by atoms with Crippen LogP contribution < -0.4 is 20.6 Å². The quantitative estimate of drug-likeness (QED) is 0.440. The summed E-state index contributed by atoms with van der Waals surface area (Å²) in [6, 6.07) is 9.45. The molecule has 0 atom stereocenters. The van der Waals surface area contributed by atoms with Gasteiger partial charge in [-0.3, -0.25) is 4.79 Å². The van der Waals surface area contributed by atoms with Crippen molar-refractivity contribution in [3.63, 3.8) is 0 Å². The molecule has 2 aromatic carbocycles. The zero-order valence-electron chi connectivity index (χ0n) is 17.6. The Kier molecular flexibility index (Phi) is 6.51. The zero-order chi connectivity index (χ0) is 21.8. The van der Waals surface area contributed by atoms with Gasteiger partial charge in [-0.25, -0.2) is 4.68 Å². The molecule has 0 fully saturated rings. The van der Waals surface area contributed by atoms with Gasteiger partial charge in [-0.15, -0.1) is 10.2 Å². The highest BCUT2D eigenvalue weighted by Crippen LogP contribution is 2.32. The SMILES string of the molecule is COc1ccc(-c2nnc(SCC(=O)Nc3c(C)cc(C)cc3C)n2N)cc1OC. The van der Waals surface area contributed by atoms with Gasteiger partial charge in [0.25, 0.3) is 0 Å². The van der Waals surface area contributed by atoms with Gasteiger partial charge in [-0.05, 0) is 50.1 Å². The number of benzene rings is 2. The molecular formula is C21H25N5O3S. The molecule has 0 aliphatic carbocycles. The Morgan fingerprint density at radius 1 is 1.07 bits per heavy atom. The van der Waals surface area contributed by atoms with Crippen LogP contribution in [0.2, 0.25) is 0 Å². The number of carbonyl (C=O) groups is 1. The number of hydrogen-bond donors (Lipinski definition) is 2. The number of hydrogen-bond acceptors (Lipinski definition) is 7. The van der Waals surface area contributed by atoms with Gasteiger partial charge in [0.15, 0.2) is 17.3 Å². The molecule has 9 heteroatoms. The Labute approximate surface area is 179 Å². The van der Waals surface area contributed by atoms with Crippen molar-refractivity contribution in [1.29, 1.82) is 0 Å². The Hall–Kier alpha value is -3.20. The van der Waals surface area contributed by atoms with Gasteiger partial charge in [-0.2, -0.15) is 0 Å². The molecule has 30 heavy (non-hydrogen) atoms. The molecule has 158 valence electrons. The third-order valence-electron chi connectivity index (χ3n) is 4.58. The fourth-order valence-electron chi connectivity index (χ4n) is 3.23. The van der Waals surface area contributed by atoms with Gasteiger partial charge >= 0.3 is 0 Å². The number of methoxy groups -OCH3 is 2. The van der Waals surface area contributed by atoms with Crippen molar-refractivity contribution < 1.29 is 14.3 Å². The maximum atomic E-state index is 12.5. The summed E-state index contributed by atoms with van der Waals surface area (Å²) in [5, 5.41) is 11.7. The van der Waals surface area contributed by atoms with Crippen LogP contribution in [0.1, 0.15) is 16.7 Å². The Bertz CT molecular complexity index is 1060. The van der Waals surface area contributed by atoms with Crippen LogP contribution in [0.15, 0.2) is 35.5 Å². The second-order valence-corrected chi connectivity index (χ2v) is 7.80. The maximum Gasteiger partial charge on any atom is 0.234 e. The molecule has 1 heterocycles. The smallest absolute Gasteiger partial charge is 0.234 e. The highest BCUT2D eigenvalue weighted by Gasteiger charge is 2.16. The number of aromatic nitrogens is 3. The molecule has 0 aliphatic heterocycles. The van der Waals surface area contributed by atoms with Crippen LogP contribution in [-0.4, -0.2) is 40.8 Å². The van der Waals surface area contributed by atoms with Crippen LogP contribution >= 0.6 is 11.8 Å². The minimum Gasteiger partial charge on any atom is -0.493 e. The number of nitrogen functional groups attached to an aromatic ring is 1. The molecule has 1 aromatic heterocycles. The van der Waals surface area contributed by atoms with E-state index in [-0.39, 0.29) is 11.7 Å². The molecule has 0 saturated carbocycles. The first-order valence-corrected chi connectivity index (χ1v) is 10.3. The predicted octanol–water partition coefficient (Wildman–Crippen LogP) is 3.33. The number of anilines is 1. The first kappa shape index (κ1) is 21.5. The van der Waals surface area contributed by atoms with Crippen LogP contribution in [0.3, 0.4) is 0 Å². The maximum absolute atomic E-state index is 12.5. The van der Waals surface area contributed by atoms with Crippen molar-refractivity contribution in [3.8, 4) is 22.9 Å². The van der Waals surface area contributed by atoms with Crippen LogP contribution in [0.5, 0.6) is 11.5 Å². The molecule has 0 radical (unpaired) electrons. The van der Waals surface area contributed by atoms with E-state index in [4.69, 9.17) is 15.3 Å². The lowest BCUT2D eigenvalue weighted by molar-refractivity contribution is -0.113. The predicted molar refractivity (Wildman–Crippen MR) is 119 cm³/mol. The van der Waals surface area contributed by atoms with Crippen molar-refractivity contribution >= 4 is 23.4 Å².